The van der Waals surface area contributed by atoms with Gasteiger partial charge >= 0.3 is 6.03 Å². The second-order valence-electron chi connectivity index (χ2n) is 7.14. The highest BCUT2D eigenvalue weighted by Crippen LogP contribution is 2.21. The van der Waals surface area contributed by atoms with Crippen molar-refractivity contribution >= 4 is 22.0 Å². The molecule has 29 heavy (non-hydrogen) atoms. The summed E-state index contributed by atoms with van der Waals surface area (Å²) in [7, 11) is -3.61. The highest BCUT2D eigenvalue weighted by Gasteiger charge is 2.32. The van der Waals surface area contributed by atoms with Crippen LogP contribution in [-0.2, 0) is 14.8 Å². The number of ether oxygens (including phenoxy) is 1. The van der Waals surface area contributed by atoms with Crippen molar-refractivity contribution in [2.45, 2.75) is 44.7 Å². The first-order valence-electron chi connectivity index (χ1n) is 9.73. The number of imide groups is 1. The van der Waals surface area contributed by atoms with Crippen LogP contribution in [0.4, 0.5) is 4.79 Å². The van der Waals surface area contributed by atoms with E-state index in [4.69, 9.17) is 4.74 Å². The van der Waals surface area contributed by atoms with Crippen LogP contribution < -0.4 is 15.4 Å². The molecule has 1 aliphatic rings. The molecule has 1 aromatic rings. The van der Waals surface area contributed by atoms with Crippen LogP contribution in [0.25, 0.3) is 0 Å². The Morgan fingerprint density at radius 2 is 1.66 bits per heavy atom. The van der Waals surface area contributed by atoms with E-state index < -0.39 is 28.0 Å². The van der Waals surface area contributed by atoms with Gasteiger partial charge in [0, 0.05) is 32.2 Å². The van der Waals surface area contributed by atoms with Crippen LogP contribution >= 0.6 is 0 Å². The largest absolute Gasteiger partial charge is 0.494 e. The number of amides is 3. The summed E-state index contributed by atoms with van der Waals surface area (Å²) in [6.07, 6.45) is 0. The van der Waals surface area contributed by atoms with Gasteiger partial charge in [0.2, 0.25) is 15.9 Å². The molecule has 1 saturated heterocycles. The third-order valence-electron chi connectivity index (χ3n) is 4.63. The fourth-order valence-corrected chi connectivity index (χ4v) is 4.46. The van der Waals surface area contributed by atoms with Gasteiger partial charge in [0.05, 0.1) is 17.5 Å². The molecule has 162 valence electrons. The first kappa shape index (κ1) is 23.1. The Hall–Kier alpha value is -2.17. The number of nitrogens with one attached hydrogen (secondary N) is 2. The number of piperazine rings is 1. The molecule has 0 unspecified atom stereocenters. The minimum atomic E-state index is -3.61. The summed E-state index contributed by atoms with van der Waals surface area (Å²) in [5.74, 6) is 0.212. The number of hydrogen-bond acceptors (Lipinski definition) is 6. The van der Waals surface area contributed by atoms with Crippen molar-refractivity contribution in [1.82, 2.24) is 19.8 Å². The topological polar surface area (TPSA) is 108 Å². The Morgan fingerprint density at radius 1 is 1.07 bits per heavy atom. The van der Waals surface area contributed by atoms with Gasteiger partial charge in [-0.25, -0.2) is 13.2 Å². The minimum absolute atomic E-state index is 0.0746. The van der Waals surface area contributed by atoms with Crippen molar-refractivity contribution in [3.05, 3.63) is 24.3 Å². The average Bonchev–Trinajstić information content (AvgIpc) is 2.67. The molecule has 0 saturated carbocycles. The van der Waals surface area contributed by atoms with Crippen molar-refractivity contribution in [3.8, 4) is 5.75 Å². The number of nitrogens with zero attached hydrogens (tertiary/aromatic N) is 2. The molecule has 1 aliphatic heterocycles. The summed E-state index contributed by atoms with van der Waals surface area (Å²) in [6, 6.07) is 5.21. The fourth-order valence-electron chi connectivity index (χ4n) is 3.04. The molecule has 3 amide bonds. The molecule has 0 radical (unpaired) electrons. The van der Waals surface area contributed by atoms with E-state index in [1.54, 1.807) is 32.9 Å². The van der Waals surface area contributed by atoms with Crippen LogP contribution in [0.3, 0.4) is 0 Å². The molecule has 0 aliphatic carbocycles. The van der Waals surface area contributed by atoms with Crippen LogP contribution in [0.15, 0.2) is 29.2 Å². The van der Waals surface area contributed by atoms with Gasteiger partial charge in [-0.1, -0.05) is 0 Å². The quantitative estimate of drug-likeness (QED) is 0.674. The number of carbonyl (C=O) groups is 2. The highest BCUT2D eigenvalue weighted by molar-refractivity contribution is 7.89. The second-order valence-corrected chi connectivity index (χ2v) is 9.08. The molecule has 9 nitrogen and oxygen atoms in total. The van der Waals surface area contributed by atoms with Crippen molar-refractivity contribution in [1.29, 1.82) is 0 Å². The minimum Gasteiger partial charge on any atom is -0.494 e. The summed E-state index contributed by atoms with van der Waals surface area (Å²) in [6.45, 7) is 9.02. The van der Waals surface area contributed by atoms with Crippen LogP contribution in [0.1, 0.15) is 27.7 Å². The number of sulfonamides is 1. The van der Waals surface area contributed by atoms with Crippen molar-refractivity contribution < 1.29 is 22.7 Å². The van der Waals surface area contributed by atoms with E-state index in [1.807, 2.05) is 11.8 Å². The van der Waals surface area contributed by atoms with Crippen LogP contribution in [0.5, 0.6) is 5.75 Å². The molecular weight excluding hydrogens is 396 g/mol. The van der Waals surface area contributed by atoms with E-state index in [0.29, 0.717) is 25.4 Å². The van der Waals surface area contributed by atoms with Crippen LogP contribution in [-0.4, -0.2) is 74.4 Å². The average molecular weight is 427 g/mol. The molecule has 1 fully saturated rings. The Bertz CT molecular complexity index is 802. The monoisotopic (exact) mass is 426 g/mol. The lowest BCUT2D eigenvalue weighted by Gasteiger charge is -2.36. The lowest BCUT2D eigenvalue weighted by molar-refractivity contribution is -0.125. The van der Waals surface area contributed by atoms with Crippen molar-refractivity contribution in [2.75, 3.05) is 32.8 Å². The molecule has 2 N–H and O–H groups in total. The van der Waals surface area contributed by atoms with E-state index in [2.05, 4.69) is 10.6 Å². The Kier molecular flexibility index (Phi) is 8.00. The van der Waals surface area contributed by atoms with E-state index in [0.717, 1.165) is 0 Å². The van der Waals surface area contributed by atoms with E-state index >= 15 is 0 Å². The number of rotatable bonds is 7. The molecule has 1 atom stereocenters. The Balaban J connectivity index is 1.93. The molecule has 0 spiro atoms. The summed E-state index contributed by atoms with van der Waals surface area (Å²) >= 11 is 0. The van der Waals surface area contributed by atoms with E-state index in [1.165, 1.54) is 16.4 Å². The maximum Gasteiger partial charge on any atom is 0.321 e. The number of hydrogen-bond donors (Lipinski definition) is 2. The van der Waals surface area contributed by atoms with Gasteiger partial charge in [-0.3, -0.25) is 15.0 Å². The van der Waals surface area contributed by atoms with Gasteiger partial charge in [0.15, 0.2) is 0 Å². The number of benzene rings is 1. The predicted octanol–water partition coefficient (Wildman–Crippen LogP) is 1.01. The first-order valence-corrected chi connectivity index (χ1v) is 11.2. The van der Waals surface area contributed by atoms with Crippen LogP contribution in [0, 0.1) is 0 Å². The zero-order valence-corrected chi connectivity index (χ0v) is 18.2. The van der Waals surface area contributed by atoms with E-state index in [-0.39, 0.29) is 24.0 Å². The molecule has 0 bridgehead atoms. The summed E-state index contributed by atoms with van der Waals surface area (Å²) in [5.41, 5.74) is 0. The predicted molar refractivity (Wildman–Crippen MR) is 109 cm³/mol. The van der Waals surface area contributed by atoms with Gasteiger partial charge in [0.1, 0.15) is 5.75 Å². The van der Waals surface area contributed by atoms with Gasteiger partial charge in [-0.05, 0) is 52.0 Å². The fraction of sp³-hybridized carbons (Fsp3) is 0.579. The maximum absolute atomic E-state index is 12.8. The second kappa shape index (κ2) is 10.0. The number of carbonyl (C=O) groups excluding carboxylic acids is 2. The standard InChI is InChI=1S/C19H30N4O5S/c1-5-28-16-6-8-17(9-7-16)29(26,27)23-12-10-22(11-13-23)15(4)18(24)21-19(25)20-14(2)3/h6-9,14-15H,5,10-13H2,1-4H3,(H2,20,21,24,25)/t15-/m1/s1. The zero-order chi connectivity index (χ0) is 21.6. The maximum atomic E-state index is 12.8. The van der Waals surface area contributed by atoms with E-state index in [9.17, 15) is 18.0 Å². The molecule has 2 rings (SSSR count). The number of urea groups is 1. The summed E-state index contributed by atoms with van der Waals surface area (Å²) < 4.78 is 32.5. The normalized spacial score (nSPS) is 17.0. The zero-order valence-electron chi connectivity index (χ0n) is 17.3. The van der Waals surface area contributed by atoms with Crippen LogP contribution in [0.2, 0.25) is 0 Å². The Labute approximate surface area is 172 Å². The van der Waals surface area contributed by atoms with Gasteiger partial charge in [-0.15, -0.1) is 0 Å². The SMILES string of the molecule is CCOc1ccc(S(=O)(=O)N2CCN([C@H](C)C(=O)NC(=O)NC(C)C)CC2)cc1. The Morgan fingerprint density at radius 3 is 2.17 bits per heavy atom. The lowest BCUT2D eigenvalue weighted by Crippen LogP contribution is -2.56. The van der Waals surface area contributed by atoms with Gasteiger partial charge < -0.3 is 10.1 Å². The molecule has 0 aromatic heterocycles. The van der Waals surface area contributed by atoms with Gasteiger partial charge in [-0.2, -0.15) is 4.31 Å². The highest BCUT2D eigenvalue weighted by atomic mass is 32.2. The third kappa shape index (κ3) is 6.15. The first-order chi connectivity index (χ1) is 13.6. The van der Waals surface area contributed by atoms with Gasteiger partial charge in [0.25, 0.3) is 0 Å². The lowest BCUT2D eigenvalue weighted by atomic mass is 10.2. The summed E-state index contributed by atoms with van der Waals surface area (Å²) in [4.78, 5) is 26.0. The smallest absolute Gasteiger partial charge is 0.321 e. The van der Waals surface area contributed by atoms with Crippen molar-refractivity contribution in [3.63, 3.8) is 0 Å². The molecule has 1 aromatic carbocycles. The molecule has 1 heterocycles. The summed E-state index contributed by atoms with van der Waals surface area (Å²) in [5, 5.41) is 4.92. The molecular formula is C19H30N4O5S. The molecule has 10 heteroatoms. The van der Waals surface area contributed by atoms with Crippen molar-refractivity contribution in [2.24, 2.45) is 0 Å². The third-order valence-corrected chi connectivity index (χ3v) is 6.54.